The lowest BCUT2D eigenvalue weighted by Gasteiger charge is -2.63. The molecule has 1 spiro atoms. The fraction of sp³-hybridized carbons (Fsp3) is 0.667. The fourth-order valence-electron chi connectivity index (χ4n) is 12.0. The van der Waals surface area contributed by atoms with Crippen LogP contribution in [0.5, 0.6) is 0 Å². The second-order valence-corrected chi connectivity index (χ2v) is 15.6. The molecule has 1 unspecified atom stereocenters. The number of aliphatic hydroxyl groups is 3. The second kappa shape index (κ2) is 9.08. The summed E-state index contributed by atoms with van der Waals surface area (Å²) in [5.41, 5.74) is -0.913. The van der Waals surface area contributed by atoms with Crippen LogP contribution < -0.4 is 0 Å². The van der Waals surface area contributed by atoms with Crippen LogP contribution >= 0.6 is 0 Å². The number of hydrogen-bond donors (Lipinski definition) is 3. The zero-order valence-electron chi connectivity index (χ0n) is 27.1. The summed E-state index contributed by atoms with van der Waals surface area (Å²) in [6.07, 6.45) is 2.62. The molecule has 5 saturated carbocycles. The number of rotatable bonds is 5. The Bertz CT molecular complexity index is 1680. The summed E-state index contributed by atoms with van der Waals surface area (Å²) < 4.78 is 17.4. The van der Waals surface area contributed by atoms with Crippen LogP contribution in [-0.2, 0) is 33.4 Å². The molecule has 0 aromatic carbocycles. The molecule has 0 radical (unpaired) electrons. The van der Waals surface area contributed by atoms with E-state index in [1.165, 1.54) is 14.0 Å². The van der Waals surface area contributed by atoms with Crippen molar-refractivity contribution in [1.29, 1.82) is 0 Å². The van der Waals surface area contributed by atoms with Crippen molar-refractivity contribution >= 4 is 23.7 Å². The van der Waals surface area contributed by atoms with Gasteiger partial charge in [-0.3, -0.25) is 4.79 Å². The zero-order valence-corrected chi connectivity index (χ0v) is 27.1. The topological polar surface area (TPSA) is 157 Å². The third-order valence-corrected chi connectivity index (χ3v) is 14.3. The highest BCUT2D eigenvalue weighted by Gasteiger charge is 2.84. The van der Waals surface area contributed by atoms with Crippen LogP contribution in [0.4, 0.5) is 0 Å². The fourth-order valence-corrected chi connectivity index (χ4v) is 12.0. The van der Waals surface area contributed by atoms with Crippen molar-refractivity contribution in [3.8, 4) is 0 Å². The maximum absolute atomic E-state index is 14.4. The predicted octanol–water partition coefficient (Wildman–Crippen LogP) is 2.51. The molecule has 10 heteroatoms. The summed E-state index contributed by atoms with van der Waals surface area (Å²) in [5, 5.41) is 34.8. The Balaban J connectivity index is 1.36. The standard InChI is InChI=1S/C36H42O10/c1-7-14(2)30(40)45-13-35(43)22-10-21(22)33(4)23(35)11-20-18(12-37)32(42)46-36(20)24(33)9-17-16-8-19(16)34(5)26(17)27(36)25(28(38)29(34)39)15(3)31(41)44-6/h7,16,19,21-24,27,29,37,39,43H,8-13H2,1-6H3/b14-7+,25-15-/t16-,19-,21-,22+,23-,24+,27?,29+,33+,34+,35+,36+/m1/s1. The number of Topliss-reactive ketones (excluding diaryl/α,β-unsaturated/α-hetero) is 1. The summed E-state index contributed by atoms with van der Waals surface area (Å²) >= 11 is 0. The van der Waals surface area contributed by atoms with Crippen LogP contribution in [0.15, 0.2) is 45.1 Å². The van der Waals surface area contributed by atoms with E-state index >= 15 is 0 Å². The van der Waals surface area contributed by atoms with Gasteiger partial charge in [-0.2, -0.15) is 0 Å². The van der Waals surface area contributed by atoms with Crippen LogP contribution in [0.1, 0.15) is 60.3 Å². The smallest absolute Gasteiger partial charge is 0.337 e. The molecule has 46 heavy (non-hydrogen) atoms. The van der Waals surface area contributed by atoms with E-state index in [4.69, 9.17) is 14.2 Å². The largest absolute Gasteiger partial charge is 0.466 e. The molecule has 5 fully saturated rings. The molecular formula is C36H42O10. The van der Waals surface area contributed by atoms with Crippen molar-refractivity contribution in [2.45, 2.75) is 77.6 Å². The second-order valence-electron chi connectivity index (χ2n) is 15.6. The molecule has 0 aromatic rings. The van der Waals surface area contributed by atoms with Gasteiger partial charge in [-0.25, -0.2) is 14.4 Å². The van der Waals surface area contributed by atoms with Gasteiger partial charge in [0.05, 0.1) is 25.2 Å². The normalized spacial score (nSPS) is 48.5. The number of ether oxygens (including phenoxy) is 3. The van der Waals surface area contributed by atoms with Crippen molar-refractivity contribution in [2.24, 2.45) is 52.3 Å². The van der Waals surface area contributed by atoms with Gasteiger partial charge in [0.1, 0.15) is 23.9 Å². The molecular weight excluding hydrogens is 592 g/mol. The lowest BCUT2D eigenvalue weighted by molar-refractivity contribution is -0.191. The van der Waals surface area contributed by atoms with Gasteiger partial charge in [-0.15, -0.1) is 0 Å². The molecule has 1 heterocycles. The van der Waals surface area contributed by atoms with Crippen molar-refractivity contribution in [3.63, 3.8) is 0 Å². The van der Waals surface area contributed by atoms with Crippen molar-refractivity contribution < 1.29 is 48.7 Å². The minimum absolute atomic E-state index is 0.0493. The predicted molar refractivity (Wildman–Crippen MR) is 160 cm³/mol. The van der Waals surface area contributed by atoms with Gasteiger partial charge in [0.2, 0.25) is 0 Å². The summed E-state index contributed by atoms with van der Waals surface area (Å²) in [6, 6.07) is 0. The van der Waals surface area contributed by atoms with Gasteiger partial charge in [0.25, 0.3) is 0 Å². The van der Waals surface area contributed by atoms with Gasteiger partial charge in [-0.1, -0.05) is 25.5 Å². The highest BCUT2D eigenvalue weighted by molar-refractivity contribution is 6.09. The van der Waals surface area contributed by atoms with Gasteiger partial charge < -0.3 is 29.5 Å². The number of esters is 3. The minimum Gasteiger partial charge on any atom is -0.466 e. The zero-order chi connectivity index (χ0) is 33.0. The van der Waals surface area contributed by atoms with E-state index in [0.717, 1.165) is 24.0 Å². The summed E-state index contributed by atoms with van der Waals surface area (Å²) in [5.74, 6) is -3.92. The lowest BCUT2D eigenvalue weighted by Crippen LogP contribution is -2.67. The number of aliphatic hydroxyl groups excluding tert-OH is 2. The van der Waals surface area contributed by atoms with E-state index < -0.39 is 76.2 Å². The molecule has 0 aromatic heterocycles. The number of hydrogen-bond acceptors (Lipinski definition) is 10. The third kappa shape index (κ3) is 3.15. The molecule has 1 aliphatic heterocycles. The number of carbonyl (C=O) groups is 4. The first-order valence-corrected chi connectivity index (χ1v) is 16.5. The Morgan fingerprint density at radius 3 is 2.41 bits per heavy atom. The molecule has 0 saturated heterocycles. The highest BCUT2D eigenvalue weighted by Crippen LogP contribution is 2.83. The monoisotopic (exact) mass is 634 g/mol. The first-order chi connectivity index (χ1) is 21.7. The van der Waals surface area contributed by atoms with Crippen LogP contribution in [0, 0.1) is 52.3 Å². The Kier molecular flexibility index (Phi) is 5.97. The van der Waals surface area contributed by atoms with E-state index in [1.807, 2.05) is 6.92 Å². The van der Waals surface area contributed by atoms with Gasteiger partial charge >= 0.3 is 17.9 Å². The maximum atomic E-state index is 14.4. The average molecular weight is 635 g/mol. The van der Waals surface area contributed by atoms with Crippen LogP contribution in [-0.4, -0.2) is 76.6 Å². The molecule has 7 aliphatic carbocycles. The summed E-state index contributed by atoms with van der Waals surface area (Å²) in [7, 11) is 1.24. The average Bonchev–Trinajstić information content (AvgIpc) is 3.95. The van der Waals surface area contributed by atoms with E-state index in [0.29, 0.717) is 17.6 Å². The van der Waals surface area contributed by atoms with Gasteiger partial charge in [0.15, 0.2) is 5.78 Å². The van der Waals surface area contributed by atoms with Crippen LogP contribution in [0.25, 0.3) is 0 Å². The quantitative estimate of drug-likeness (QED) is 0.178. The molecule has 8 aliphatic rings. The Morgan fingerprint density at radius 2 is 1.76 bits per heavy atom. The number of fused-ring (bicyclic) bond motifs is 7. The number of ketones is 1. The Labute approximate surface area is 267 Å². The lowest BCUT2D eigenvalue weighted by atomic mass is 9.42. The van der Waals surface area contributed by atoms with Gasteiger partial charge in [0, 0.05) is 34.0 Å². The SMILES string of the molecule is C/C=C(\C)C(=O)OC[C@]1(O)[C@H]2C[C@H]2[C@@]2(C)[C@H]1CC1=C(CO)C(=O)O[C@@]13C1C4=C(C[C@@H]23)[C@H]2C[C@H]2[C@]4(C)[C@@H](O)C(=O)/C1=C(/C)C(=O)OC. The van der Waals surface area contributed by atoms with E-state index in [1.54, 1.807) is 19.9 Å². The van der Waals surface area contributed by atoms with Crippen molar-refractivity contribution in [1.82, 2.24) is 0 Å². The molecule has 8 rings (SSSR count). The first kappa shape index (κ1) is 30.3. The molecule has 12 atom stereocenters. The third-order valence-electron chi connectivity index (χ3n) is 14.3. The number of allylic oxidation sites excluding steroid dienone is 2. The van der Waals surface area contributed by atoms with E-state index in [9.17, 15) is 34.5 Å². The van der Waals surface area contributed by atoms with E-state index in [-0.39, 0.29) is 53.4 Å². The van der Waals surface area contributed by atoms with Crippen LogP contribution in [0.3, 0.4) is 0 Å². The maximum Gasteiger partial charge on any atom is 0.337 e. The van der Waals surface area contributed by atoms with Crippen molar-refractivity contribution in [2.75, 3.05) is 20.3 Å². The molecule has 246 valence electrons. The molecule has 3 N–H and O–H groups in total. The molecule has 0 amide bonds. The number of carbonyl (C=O) groups excluding carboxylic acids is 4. The van der Waals surface area contributed by atoms with E-state index in [2.05, 4.69) is 6.92 Å². The summed E-state index contributed by atoms with van der Waals surface area (Å²) in [4.78, 5) is 54.0. The first-order valence-electron chi connectivity index (χ1n) is 16.5. The highest BCUT2D eigenvalue weighted by atomic mass is 16.6. The summed E-state index contributed by atoms with van der Waals surface area (Å²) in [6.45, 7) is 8.25. The van der Waals surface area contributed by atoms with Crippen LogP contribution in [0.2, 0.25) is 0 Å². The minimum atomic E-state index is -1.39. The Morgan fingerprint density at radius 1 is 1.04 bits per heavy atom. The molecule has 10 nitrogen and oxygen atoms in total. The van der Waals surface area contributed by atoms with Gasteiger partial charge in [-0.05, 0) is 86.7 Å². The number of methoxy groups -OCH3 is 1. The van der Waals surface area contributed by atoms with Crippen molar-refractivity contribution in [3.05, 3.63) is 45.1 Å². The Hall–Kier alpha value is -3.08. The molecule has 0 bridgehead atoms.